The molecule has 1 atom stereocenters. The first kappa shape index (κ1) is 13.2. The maximum atomic E-state index is 12.1. The number of aromatic nitrogens is 2. The fourth-order valence-electron chi connectivity index (χ4n) is 1.96. The van der Waals surface area contributed by atoms with Crippen molar-refractivity contribution in [1.29, 1.82) is 0 Å². The maximum Gasteiger partial charge on any atom is 0.273 e. The lowest BCUT2D eigenvalue weighted by molar-refractivity contribution is -0.000298. The molecule has 0 saturated carbocycles. The van der Waals surface area contributed by atoms with Crippen LogP contribution in [0.15, 0.2) is 12.4 Å². The van der Waals surface area contributed by atoms with Gasteiger partial charge in [0.25, 0.3) is 5.91 Å². The van der Waals surface area contributed by atoms with Crippen molar-refractivity contribution in [2.75, 3.05) is 20.2 Å². The molecule has 0 spiro atoms. The minimum absolute atomic E-state index is 0.132. The smallest absolute Gasteiger partial charge is 0.273 e. The van der Waals surface area contributed by atoms with Crippen LogP contribution in [0.5, 0.6) is 0 Å². The Hall–Kier alpha value is -1.20. The first-order chi connectivity index (χ1) is 8.66. The molecule has 0 radical (unpaired) electrons. The Kier molecular flexibility index (Phi) is 4.49. The predicted molar refractivity (Wildman–Crippen MR) is 67.6 cm³/mol. The molecule has 1 saturated heterocycles. The number of hydrogen-bond donors (Lipinski definition) is 0. The lowest BCUT2D eigenvalue weighted by atomic mass is 10.1. The van der Waals surface area contributed by atoms with Crippen LogP contribution < -0.4 is 0 Å². The van der Waals surface area contributed by atoms with Gasteiger partial charge in [0.2, 0.25) is 0 Å². The second-order valence-electron chi connectivity index (χ2n) is 4.40. The molecule has 1 aliphatic rings. The Balaban J connectivity index is 1.93. The molecule has 2 rings (SSSR count). The molecule has 1 fully saturated rings. The first-order valence-electron chi connectivity index (χ1n) is 6.01. The fraction of sp³-hybridized carbons (Fsp3) is 0.583. The second-order valence-corrected chi connectivity index (χ2v) is 4.79. The van der Waals surface area contributed by atoms with E-state index in [1.807, 2.05) is 0 Å². The molecular weight excluding hydrogens is 254 g/mol. The van der Waals surface area contributed by atoms with Crippen LogP contribution in [0.25, 0.3) is 0 Å². The standard InChI is InChI=1S/C12H16ClN3O2/c1-16(8-9-4-2-3-5-18-9)12(17)10-6-15-11(13)7-14-10/h6-7,9H,2-5,8H2,1H3. The SMILES string of the molecule is CN(CC1CCCCO1)C(=O)c1cnc(Cl)cn1. The van der Waals surface area contributed by atoms with E-state index in [1.165, 1.54) is 12.4 Å². The quantitative estimate of drug-likeness (QED) is 0.839. The Bertz CT molecular complexity index is 404. The minimum atomic E-state index is -0.159. The summed E-state index contributed by atoms with van der Waals surface area (Å²) in [6.45, 7) is 1.37. The molecule has 1 aromatic rings. The van der Waals surface area contributed by atoms with Crippen LogP contribution in [0.3, 0.4) is 0 Å². The zero-order chi connectivity index (χ0) is 13.0. The summed E-state index contributed by atoms with van der Waals surface area (Å²) in [6.07, 6.45) is 6.17. The van der Waals surface area contributed by atoms with Crippen LogP contribution >= 0.6 is 11.6 Å². The van der Waals surface area contributed by atoms with Gasteiger partial charge < -0.3 is 9.64 Å². The summed E-state index contributed by atoms with van der Waals surface area (Å²) in [4.78, 5) is 21.5. The van der Waals surface area contributed by atoms with Gasteiger partial charge in [0, 0.05) is 20.2 Å². The average Bonchev–Trinajstić information content (AvgIpc) is 2.40. The van der Waals surface area contributed by atoms with Gasteiger partial charge in [-0.25, -0.2) is 9.97 Å². The van der Waals surface area contributed by atoms with E-state index in [0.29, 0.717) is 12.2 Å². The van der Waals surface area contributed by atoms with E-state index in [1.54, 1.807) is 11.9 Å². The van der Waals surface area contributed by atoms with Crippen LogP contribution in [-0.2, 0) is 4.74 Å². The van der Waals surface area contributed by atoms with E-state index in [9.17, 15) is 4.79 Å². The second kappa shape index (κ2) is 6.11. The van der Waals surface area contributed by atoms with Gasteiger partial charge in [-0.1, -0.05) is 11.6 Å². The number of carbonyl (C=O) groups excluding carboxylic acids is 1. The minimum Gasteiger partial charge on any atom is -0.376 e. The van der Waals surface area contributed by atoms with Gasteiger partial charge in [0.1, 0.15) is 10.8 Å². The number of likely N-dealkylation sites (N-methyl/N-ethyl adjacent to an activating group) is 1. The molecule has 0 aromatic carbocycles. The number of carbonyl (C=O) groups is 1. The van der Waals surface area contributed by atoms with E-state index in [-0.39, 0.29) is 17.2 Å². The zero-order valence-corrected chi connectivity index (χ0v) is 11.1. The van der Waals surface area contributed by atoms with E-state index < -0.39 is 0 Å². The summed E-state index contributed by atoms with van der Waals surface area (Å²) in [5.74, 6) is -0.159. The van der Waals surface area contributed by atoms with Gasteiger partial charge in [-0.2, -0.15) is 0 Å². The van der Waals surface area contributed by atoms with Crippen molar-refractivity contribution in [2.45, 2.75) is 25.4 Å². The molecule has 18 heavy (non-hydrogen) atoms. The van der Waals surface area contributed by atoms with Crippen molar-refractivity contribution in [3.8, 4) is 0 Å². The van der Waals surface area contributed by atoms with Crippen molar-refractivity contribution in [3.63, 3.8) is 0 Å². The zero-order valence-electron chi connectivity index (χ0n) is 10.3. The van der Waals surface area contributed by atoms with Gasteiger partial charge in [-0.3, -0.25) is 4.79 Å². The summed E-state index contributed by atoms with van der Waals surface area (Å²) < 4.78 is 5.60. The van der Waals surface area contributed by atoms with Gasteiger partial charge in [-0.15, -0.1) is 0 Å². The van der Waals surface area contributed by atoms with Crippen molar-refractivity contribution >= 4 is 17.5 Å². The molecule has 0 aliphatic carbocycles. The summed E-state index contributed by atoms with van der Waals surface area (Å²) in [6, 6.07) is 0. The average molecular weight is 270 g/mol. The van der Waals surface area contributed by atoms with Crippen LogP contribution in [0.2, 0.25) is 5.15 Å². The molecule has 1 unspecified atom stereocenters. The number of amides is 1. The molecular formula is C12H16ClN3O2. The maximum absolute atomic E-state index is 12.1. The molecule has 0 bridgehead atoms. The van der Waals surface area contributed by atoms with Gasteiger partial charge in [0.05, 0.1) is 18.5 Å². The van der Waals surface area contributed by atoms with Crippen molar-refractivity contribution in [1.82, 2.24) is 14.9 Å². The highest BCUT2D eigenvalue weighted by Gasteiger charge is 2.20. The van der Waals surface area contributed by atoms with Crippen molar-refractivity contribution in [2.24, 2.45) is 0 Å². The summed E-state index contributed by atoms with van der Waals surface area (Å²) >= 11 is 5.63. The largest absolute Gasteiger partial charge is 0.376 e. The summed E-state index contributed by atoms with van der Waals surface area (Å²) in [5.41, 5.74) is 0.303. The van der Waals surface area contributed by atoms with E-state index in [4.69, 9.17) is 16.3 Å². The summed E-state index contributed by atoms with van der Waals surface area (Å²) in [5, 5.41) is 0.282. The molecule has 1 aromatic heterocycles. The monoisotopic (exact) mass is 269 g/mol. The lowest BCUT2D eigenvalue weighted by Gasteiger charge is -2.27. The van der Waals surface area contributed by atoms with Crippen molar-refractivity contribution < 1.29 is 9.53 Å². The van der Waals surface area contributed by atoms with Gasteiger partial charge >= 0.3 is 0 Å². The van der Waals surface area contributed by atoms with E-state index in [2.05, 4.69) is 9.97 Å². The normalized spacial score (nSPS) is 19.6. The number of halogens is 1. The molecule has 6 heteroatoms. The number of rotatable bonds is 3. The van der Waals surface area contributed by atoms with Gasteiger partial charge in [-0.05, 0) is 19.3 Å². The Labute approximate surface area is 111 Å². The topological polar surface area (TPSA) is 55.3 Å². The Morgan fingerprint density at radius 3 is 2.94 bits per heavy atom. The van der Waals surface area contributed by atoms with Crippen molar-refractivity contribution in [3.05, 3.63) is 23.2 Å². The third kappa shape index (κ3) is 3.40. The van der Waals surface area contributed by atoms with Crippen LogP contribution in [-0.4, -0.2) is 47.1 Å². The molecule has 1 aliphatic heterocycles. The fourth-order valence-corrected chi connectivity index (χ4v) is 2.06. The predicted octanol–water partition coefficient (Wildman–Crippen LogP) is 1.77. The number of hydrogen-bond acceptors (Lipinski definition) is 4. The third-order valence-electron chi connectivity index (χ3n) is 2.94. The van der Waals surface area contributed by atoms with Gasteiger partial charge in [0.15, 0.2) is 0 Å². The van der Waals surface area contributed by atoms with Crippen LogP contribution in [0, 0.1) is 0 Å². The van der Waals surface area contributed by atoms with E-state index >= 15 is 0 Å². The van der Waals surface area contributed by atoms with Crippen LogP contribution in [0.4, 0.5) is 0 Å². The molecule has 0 N–H and O–H groups in total. The summed E-state index contributed by atoms with van der Waals surface area (Å²) in [7, 11) is 1.75. The lowest BCUT2D eigenvalue weighted by Crippen LogP contribution is -2.37. The highest BCUT2D eigenvalue weighted by Crippen LogP contribution is 2.14. The Morgan fingerprint density at radius 2 is 2.33 bits per heavy atom. The number of ether oxygens (including phenoxy) is 1. The molecule has 1 amide bonds. The first-order valence-corrected chi connectivity index (χ1v) is 6.39. The Morgan fingerprint density at radius 1 is 1.50 bits per heavy atom. The molecule has 98 valence electrons. The number of nitrogens with zero attached hydrogens (tertiary/aromatic N) is 3. The third-order valence-corrected chi connectivity index (χ3v) is 3.13. The highest BCUT2D eigenvalue weighted by atomic mass is 35.5. The highest BCUT2D eigenvalue weighted by molar-refractivity contribution is 6.29. The molecule has 5 nitrogen and oxygen atoms in total. The van der Waals surface area contributed by atoms with Crippen LogP contribution in [0.1, 0.15) is 29.8 Å². The molecule has 2 heterocycles. The van der Waals surface area contributed by atoms with E-state index in [0.717, 1.165) is 25.9 Å².